The van der Waals surface area contributed by atoms with E-state index in [1.165, 1.54) is 51.9 Å². The molecule has 0 aromatic carbocycles. The predicted molar refractivity (Wildman–Crippen MR) is 58.3 cm³/mol. The van der Waals surface area contributed by atoms with E-state index >= 15 is 0 Å². The smallest absolute Gasteiger partial charge is 0.0238 e. The predicted octanol–water partition coefficient (Wildman–Crippen LogP) is 1.47. The van der Waals surface area contributed by atoms with Crippen LogP contribution in [0.15, 0.2) is 0 Å². The summed E-state index contributed by atoms with van der Waals surface area (Å²) in [4.78, 5) is 2.79. The van der Waals surface area contributed by atoms with Gasteiger partial charge in [-0.25, -0.2) is 0 Å². The molecule has 1 aliphatic heterocycles. The van der Waals surface area contributed by atoms with E-state index in [9.17, 15) is 0 Å². The molecule has 14 heavy (non-hydrogen) atoms. The topological polar surface area (TPSA) is 15.3 Å². The fourth-order valence-corrected chi connectivity index (χ4v) is 3.33. The second kappa shape index (κ2) is 3.21. The largest absolute Gasteiger partial charge is 0.314 e. The van der Waals surface area contributed by atoms with E-state index in [0.717, 1.165) is 11.8 Å². The molecule has 0 amide bonds. The summed E-state index contributed by atoms with van der Waals surface area (Å²) in [6, 6.07) is 0. The highest BCUT2D eigenvalue weighted by molar-refractivity contribution is 5.08. The van der Waals surface area contributed by atoms with Gasteiger partial charge < -0.3 is 5.32 Å². The van der Waals surface area contributed by atoms with E-state index in [1.54, 1.807) is 0 Å². The first kappa shape index (κ1) is 9.17. The van der Waals surface area contributed by atoms with Gasteiger partial charge in [0.25, 0.3) is 0 Å². The second-order valence-electron chi connectivity index (χ2n) is 5.51. The summed E-state index contributed by atoms with van der Waals surface area (Å²) in [5, 5.41) is 3.46. The van der Waals surface area contributed by atoms with Gasteiger partial charge in [-0.05, 0) is 44.4 Å². The Bertz CT molecular complexity index is 200. The van der Waals surface area contributed by atoms with Crippen LogP contribution in [0.4, 0.5) is 0 Å². The summed E-state index contributed by atoms with van der Waals surface area (Å²) >= 11 is 0. The van der Waals surface area contributed by atoms with Crippen molar-refractivity contribution in [3.05, 3.63) is 0 Å². The number of piperazine rings is 1. The molecule has 0 radical (unpaired) electrons. The van der Waals surface area contributed by atoms with Gasteiger partial charge in [0, 0.05) is 31.7 Å². The summed E-state index contributed by atoms with van der Waals surface area (Å²) in [5.74, 6) is 2.07. The van der Waals surface area contributed by atoms with Crippen molar-refractivity contribution in [2.75, 3.05) is 26.2 Å². The van der Waals surface area contributed by atoms with Crippen LogP contribution in [-0.4, -0.2) is 36.6 Å². The molecule has 1 N–H and O–H groups in total. The zero-order valence-corrected chi connectivity index (χ0v) is 9.26. The standard InChI is InChI=1S/C12H22N2/c1-12(10-2-3-10,11-4-5-11)14-8-6-13-7-9-14/h10-11,13H,2-9H2,1H3. The minimum Gasteiger partial charge on any atom is -0.314 e. The summed E-state index contributed by atoms with van der Waals surface area (Å²) in [6.07, 6.45) is 5.99. The quantitative estimate of drug-likeness (QED) is 0.732. The summed E-state index contributed by atoms with van der Waals surface area (Å²) in [5.41, 5.74) is 0.585. The maximum Gasteiger partial charge on any atom is 0.0238 e. The molecular formula is C12H22N2. The Morgan fingerprint density at radius 3 is 1.93 bits per heavy atom. The molecule has 2 heteroatoms. The Hall–Kier alpha value is -0.0800. The highest BCUT2D eigenvalue weighted by atomic mass is 15.3. The van der Waals surface area contributed by atoms with Crippen LogP contribution in [0.5, 0.6) is 0 Å². The van der Waals surface area contributed by atoms with E-state index in [2.05, 4.69) is 17.1 Å². The first-order valence-corrected chi connectivity index (χ1v) is 6.27. The van der Waals surface area contributed by atoms with Crippen molar-refractivity contribution < 1.29 is 0 Å². The van der Waals surface area contributed by atoms with Crippen molar-refractivity contribution in [3.63, 3.8) is 0 Å². The average molecular weight is 194 g/mol. The lowest BCUT2D eigenvalue weighted by Gasteiger charge is -2.44. The minimum absolute atomic E-state index is 0.585. The van der Waals surface area contributed by atoms with Crippen molar-refractivity contribution in [1.29, 1.82) is 0 Å². The molecule has 3 rings (SSSR count). The van der Waals surface area contributed by atoms with Gasteiger partial charge in [-0.15, -0.1) is 0 Å². The van der Waals surface area contributed by atoms with Gasteiger partial charge in [0.05, 0.1) is 0 Å². The third kappa shape index (κ3) is 1.40. The molecule has 0 atom stereocenters. The summed E-state index contributed by atoms with van der Waals surface area (Å²) in [7, 11) is 0. The highest BCUT2D eigenvalue weighted by Gasteiger charge is 2.53. The number of nitrogens with zero attached hydrogens (tertiary/aromatic N) is 1. The lowest BCUT2D eigenvalue weighted by atomic mass is 9.87. The Morgan fingerprint density at radius 1 is 1.00 bits per heavy atom. The molecule has 0 spiro atoms. The number of hydrogen-bond acceptors (Lipinski definition) is 2. The monoisotopic (exact) mass is 194 g/mol. The first-order chi connectivity index (χ1) is 6.82. The molecule has 0 aromatic heterocycles. The van der Waals surface area contributed by atoms with E-state index in [1.807, 2.05) is 0 Å². The molecular weight excluding hydrogens is 172 g/mol. The SMILES string of the molecule is CC(C1CC1)(C1CC1)N1CCNCC1. The van der Waals surface area contributed by atoms with Crippen molar-refractivity contribution >= 4 is 0 Å². The third-order valence-corrected chi connectivity index (χ3v) is 4.61. The number of hydrogen-bond donors (Lipinski definition) is 1. The van der Waals surface area contributed by atoms with Gasteiger partial charge >= 0.3 is 0 Å². The third-order valence-electron chi connectivity index (χ3n) is 4.61. The Balaban J connectivity index is 1.75. The van der Waals surface area contributed by atoms with E-state index in [4.69, 9.17) is 0 Å². The van der Waals surface area contributed by atoms with Gasteiger partial charge in [-0.3, -0.25) is 4.90 Å². The van der Waals surface area contributed by atoms with Crippen molar-refractivity contribution in [2.24, 2.45) is 11.8 Å². The van der Waals surface area contributed by atoms with Crippen LogP contribution >= 0.6 is 0 Å². The molecule has 2 nitrogen and oxygen atoms in total. The van der Waals surface area contributed by atoms with Crippen LogP contribution in [0.25, 0.3) is 0 Å². The Labute approximate surface area is 87.0 Å². The molecule has 1 heterocycles. The molecule has 3 fully saturated rings. The zero-order valence-electron chi connectivity index (χ0n) is 9.26. The van der Waals surface area contributed by atoms with Gasteiger partial charge in [0.1, 0.15) is 0 Å². The normalized spacial score (nSPS) is 30.6. The van der Waals surface area contributed by atoms with Gasteiger partial charge in [0.2, 0.25) is 0 Å². The minimum atomic E-state index is 0.585. The van der Waals surface area contributed by atoms with Crippen molar-refractivity contribution in [2.45, 2.75) is 38.1 Å². The average Bonchev–Trinajstić information content (AvgIpc) is 3.06. The molecule has 80 valence electrons. The zero-order chi connectivity index (χ0) is 9.60. The van der Waals surface area contributed by atoms with E-state index in [-0.39, 0.29) is 0 Å². The molecule has 0 bridgehead atoms. The van der Waals surface area contributed by atoms with Crippen LogP contribution < -0.4 is 5.32 Å². The Morgan fingerprint density at radius 2 is 1.50 bits per heavy atom. The van der Waals surface area contributed by atoms with Crippen LogP contribution in [0.3, 0.4) is 0 Å². The fourth-order valence-electron chi connectivity index (χ4n) is 3.33. The molecule has 2 saturated carbocycles. The fraction of sp³-hybridized carbons (Fsp3) is 1.00. The molecule has 1 saturated heterocycles. The second-order valence-corrected chi connectivity index (χ2v) is 5.51. The van der Waals surface area contributed by atoms with Crippen LogP contribution in [0.2, 0.25) is 0 Å². The number of nitrogens with one attached hydrogen (secondary N) is 1. The highest BCUT2D eigenvalue weighted by Crippen LogP contribution is 2.54. The molecule has 0 unspecified atom stereocenters. The van der Waals surface area contributed by atoms with Crippen molar-refractivity contribution in [1.82, 2.24) is 10.2 Å². The van der Waals surface area contributed by atoms with Crippen LogP contribution in [0, 0.1) is 11.8 Å². The molecule has 2 aliphatic carbocycles. The Kier molecular flexibility index (Phi) is 2.10. The first-order valence-electron chi connectivity index (χ1n) is 6.27. The maximum atomic E-state index is 3.46. The number of rotatable bonds is 3. The lowest BCUT2D eigenvalue weighted by Crippen LogP contribution is -2.57. The van der Waals surface area contributed by atoms with Crippen LogP contribution in [0.1, 0.15) is 32.6 Å². The lowest BCUT2D eigenvalue weighted by molar-refractivity contribution is 0.0492. The van der Waals surface area contributed by atoms with Gasteiger partial charge in [0.15, 0.2) is 0 Å². The molecule has 3 aliphatic rings. The summed E-state index contributed by atoms with van der Waals surface area (Å²) < 4.78 is 0. The molecule has 0 aromatic rings. The van der Waals surface area contributed by atoms with Crippen LogP contribution in [-0.2, 0) is 0 Å². The van der Waals surface area contributed by atoms with Gasteiger partial charge in [-0.1, -0.05) is 0 Å². The van der Waals surface area contributed by atoms with Crippen molar-refractivity contribution in [3.8, 4) is 0 Å². The van der Waals surface area contributed by atoms with E-state index < -0.39 is 0 Å². The van der Waals surface area contributed by atoms with Gasteiger partial charge in [-0.2, -0.15) is 0 Å². The maximum absolute atomic E-state index is 3.46. The van der Waals surface area contributed by atoms with E-state index in [0.29, 0.717) is 5.54 Å². The summed E-state index contributed by atoms with van der Waals surface area (Å²) in [6.45, 7) is 7.52.